The molecule has 0 aromatic carbocycles. The SMILES string of the molecule is CC[C@H](C)N(Cc1cccnc1)C(=O)c1cccc(Cl)n1. The predicted molar refractivity (Wildman–Crippen MR) is 83.1 cm³/mol. The molecule has 0 saturated carbocycles. The van der Waals surface area contributed by atoms with E-state index in [4.69, 9.17) is 11.6 Å². The summed E-state index contributed by atoms with van der Waals surface area (Å²) in [6.07, 6.45) is 4.36. The highest BCUT2D eigenvalue weighted by atomic mass is 35.5. The van der Waals surface area contributed by atoms with E-state index >= 15 is 0 Å². The van der Waals surface area contributed by atoms with Crippen LogP contribution in [0.15, 0.2) is 42.7 Å². The van der Waals surface area contributed by atoms with Crippen molar-refractivity contribution in [3.8, 4) is 0 Å². The van der Waals surface area contributed by atoms with Gasteiger partial charge >= 0.3 is 0 Å². The van der Waals surface area contributed by atoms with Crippen molar-refractivity contribution in [2.24, 2.45) is 0 Å². The summed E-state index contributed by atoms with van der Waals surface area (Å²) in [5, 5.41) is 0.325. The topological polar surface area (TPSA) is 46.1 Å². The third-order valence-electron chi connectivity index (χ3n) is 3.39. The molecule has 0 unspecified atom stereocenters. The Morgan fingerprint density at radius 1 is 1.33 bits per heavy atom. The summed E-state index contributed by atoms with van der Waals surface area (Å²) in [6.45, 7) is 4.59. The molecular weight excluding hydrogens is 286 g/mol. The quantitative estimate of drug-likeness (QED) is 0.793. The maximum absolute atomic E-state index is 12.7. The minimum atomic E-state index is -0.115. The Labute approximate surface area is 129 Å². The van der Waals surface area contributed by atoms with E-state index in [2.05, 4.69) is 16.9 Å². The first kappa shape index (κ1) is 15.4. The van der Waals surface area contributed by atoms with Crippen molar-refractivity contribution in [1.29, 1.82) is 0 Å². The average molecular weight is 304 g/mol. The zero-order valence-corrected chi connectivity index (χ0v) is 12.9. The molecule has 0 fully saturated rings. The van der Waals surface area contributed by atoms with Crippen LogP contribution in [-0.2, 0) is 6.54 Å². The molecule has 0 spiro atoms. The van der Waals surface area contributed by atoms with Crippen molar-refractivity contribution < 1.29 is 4.79 Å². The van der Waals surface area contributed by atoms with E-state index in [0.29, 0.717) is 17.4 Å². The minimum absolute atomic E-state index is 0.110. The second-order valence-electron chi connectivity index (χ2n) is 4.90. The third kappa shape index (κ3) is 4.02. The standard InChI is InChI=1S/C16H18ClN3O/c1-3-12(2)20(11-13-6-5-9-18-10-13)16(21)14-7-4-8-15(17)19-14/h4-10,12H,3,11H2,1-2H3/t12-/m0/s1. The maximum Gasteiger partial charge on any atom is 0.273 e. The summed E-state index contributed by atoms with van der Waals surface area (Å²) >= 11 is 5.88. The molecule has 1 amide bonds. The second kappa shape index (κ2) is 7.18. The van der Waals surface area contributed by atoms with Gasteiger partial charge in [0, 0.05) is 25.0 Å². The Kier molecular flexibility index (Phi) is 5.28. The van der Waals surface area contributed by atoms with E-state index in [1.54, 1.807) is 35.5 Å². The van der Waals surface area contributed by atoms with Crippen LogP contribution < -0.4 is 0 Å². The third-order valence-corrected chi connectivity index (χ3v) is 3.60. The summed E-state index contributed by atoms with van der Waals surface area (Å²) in [4.78, 5) is 22.7. The van der Waals surface area contributed by atoms with E-state index in [1.807, 2.05) is 19.1 Å². The lowest BCUT2D eigenvalue weighted by Gasteiger charge is -2.28. The van der Waals surface area contributed by atoms with E-state index in [9.17, 15) is 4.79 Å². The summed E-state index contributed by atoms with van der Waals surface area (Å²) in [5.41, 5.74) is 1.36. The lowest BCUT2D eigenvalue weighted by Crippen LogP contribution is -2.38. The maximum atomic E-state index is 12.7. The summed E-state index contributed by atoms with van der Waals surface area (Å²) in [6, 6.07) is 9.02. The van der Waals surface area contributed by atoms with E-state index in [-0.39, 0.29) is 11.9 Å². The Hall–Kier alpha value is -1.94. The summed E-state index contributed by atoms with van der Waals surface area (Å²) in [7, 11) is 0. The lowest BCUT2D eigenvalue weighted by atomic mass is 10.1. The normalized spacial score (nSPS) is 12.0. The molecule has 0 N–H and O–H groups in total. The molecule has 21 heavy (non-hydrogen) atoms. The average Bonchev–Trinajstić information content (AvgIpc) is 2.52. The first-order chi connectivity index (χ1) is 10.1. The fourth-order valence-electron chi connectivity index (χ4n) is 2.01. The number of halogens is 1. The van der Waals surface area contributed by atoms with E-state index < -0.39 is 0 Å². The van der Waals surface area contributed by atoms with Gasteiger partial charge in [0.15, 0.2) is 0 Å². The van der Waals surface area contributed by atoms with Gasteiger partial charge < -0.3 is 4.90 Å². The van der Waals surface area contributed by atoms with E-state index in [0.717, 1.165) is 12.0 Å². The Balaban J connectivity index is 2.25. The van der Waals surface area contributed by atoms with Crippen molar-refractivity contribution >= 4 is 17.5 Å². The summed E-state index contributed by atoms with van der Waals surface area (Å²) < 4.78 is 0. The van der Waals surface area contributed by atoms with Gasteiger partial charge in [0.2, 0.25) is 0 Å². The molecular formula is C16H18ClN3O. The minimum Gasteiger partial charge on any atom is -0.330 e. The van der Waals surface area contributed by atoms with E-state index in [1.165, 1.54) is 0 Å². The molecule has 1 atom stereocenters. The molecule has 0 saturated heterocycles. The number of carbonyl (C=O) groups excluding carboxylic acids is 1. The van der Waals surface area contributed by atoms with Crippen LogP contribution in [0.3, 0.4) is 0 Å². The molecule has 2 aromatic rings. The van der Waals surface area contributed by atoms with Gasteiger partial charge in [0.1, 0.15) is 10.8 Å². The van der Waals surface area contributed by atoms with Crippen LogP contribution in [0.2, 0.25) is 5.15 Å². The number of aromatic nitrogens is 2. The largest absolute Gasteiger partial charge is 0.330 e. The van der Waals surface area contributed by atoms with Crippen LogP contribution in [0.1, 0.15) is 36.3 Å². The Morgan fingerprint density at radius 2 is 2.14 bits per heavy atom. The molecule has 0 aliphatic carbocycles. The number of pyridine rings is 2. The van der Waals surface area contributed by atoms with Gasteiger partial charge in [0.25, 0.3) is 5.91 Å². The van der Waals surface area contributed by atoms with Crippen molar-refractivity contribution in [3.05, 3.63) is 59.1 Å². The van der Waals surface area contributed by atoms with Gasteiger partial charge in [-0.1, -0.05) is 30.7 Å². The molecule has 2 aromatic heterocycles. The Morgan fingerprint density at radius 3 is 2.76 bits per heavy atom. The van der Waals surface area contributed by atoms with Crippen LogP contribution in [0.4, 0.5) is 0 Å². The molecule has 110 valence electrons. The number of rotatable bonds is 5. The number of nitrogens with zero attached hydrogens (tertiary/aromatic N) is 3. The van der Waals surface area contributed by atoms with Crippen LogP contribution in [-0.4, -0.2) is 26.8 Å². The molecule has 2 rings (SSSR count). The van der Waals surface area contributed by atoms with Crippen molar-refractivity contribution in [2.45, 2.75) is 32.9 Å². The molecule has 0 radical (unpaired) electrons. The molecule has 0 aliphatic rings. The number of carbonyl (C=O) groups is 1. The zero-order chi connectivity index (χ0) is 15.2. The highest BCUT2D eigenvalue weighted by molar-refractivity contribution is 6.29. The van der Waals surface area contributed by atoms with Crippen LogP contribution in [0, 0.1) is 0 Å². The molecule has 0 bridgehead atoms. The number of hydrogen-bond donors (Lipinski definition) is 0. The van der Waals surface area contributed by atoms with Crippen molar-refractivity contribution in [3.63, 3.8) is 0 Å². The smallest absolute Gasteiger partial charge is 0.273 e. The lowest BCUT2D eigenvalue weighted by molar-refractivity contribution is 0.0665. The number of amides is 1. The molecule has 4 nitrogen and oxygen atoms in total. The first-order valence-electron chi connectivity index (χ1n) is 6.94. The van der Waals surface area contributed by atoms with Gasteiger partial charge in [-0.05, 0) is 37.1 Å². The molecule has 2 heterocycles. The molecule has 5 heteroatoms. The van der Waals surface area contributed by atoms with Crippen molar-refractivity contribution in [1.82, 2.24) is 14.9 Å². The van der Waals surface area contributed by atoms with Crippen molar-refractivity contribution in [2.75, 3.05) is 0 Å². The monoisotopic (exact) mass is 303 g/mol. The fraction of sp³-hybridized carbons (Fsp3) is 0.312. The molecule has 0 aliphatic heterocycles. The van der Waals surface area contributed by atoms with Gasteiger partial charge in [-0.25, -0.2) is 4.98 Å². The van der Waals surface area contributed by atoms with Crippen LogP contribution >= 0.6 is 11.6 Å². The zero-order valence-electron chi connectivity index (χ0n) is 12.2. The highest BCUT2D eigenvalue weighted by Crippen LogP contribution is 2.15. The Bertz CT molecular complexity index is 603. The highest BCUT2D eigenvalue weighted by Gasteiger charge is 2.22. The predicted octanol–water partition coefficient (Wildman–Crippen LogP) is 3.57. The second-order valence-corrected chi connectivity index (χ2v) is 5.28. The van der Waals surface area contributed by atoms with Gasteiger partial charge in [-0.15, -0.1) is 0 Å². The van der Waals surface area contributed by atoms with Gasteiger partial charge in [0.05, 0.1) is 0 Å². The first-order valence-corrected chi connectivity index (χ1v) is 7.32. The van der Waals surface area contributed by atoms with Gasteiger partial charge in [-0.3, -0.25) is 9.78 Å². The van der Waals surface area contributed by atoms with Gasteiger partial charge in [-0.2, -0.15) is 0 Å². The summed E-state index contributed by atoms with van der Waals surface area (Å²) in [5.74, 6) is -0.115. The van der Waals surface area contributed by atoms with Crippen LogP contribution in [0.25, 0.3) is 0 Å². The number of hydrogen-bond acceptors (Lipinski definition) is 3. The fourth-order valence-corrected chi connectivity index (χ4v) is 2.17. The van der Waals surface area contributed by atoms with Crippen LogP contribution in [0.5, 0.6) is 0 Å².